The van der Waals surface area contributed by atoms with Gasteiger partial charge in [-0.05, 0) is 23.3 Å². The van der Waals surface area contributed by atoms with E-state index in [-0.39, 0.29) is 16.2 Å². The monoisotopic (exact) mass is 407 g/mol. The van der Waals surface area contributed by atoms with Gasteiger partial charge >= 0.3 is 0 Å². The molecule has 4 rings (SSSR count). The summed E-state index contributed by atoms with van der Waals surface area (Å²) in [5, 5.41) is 0. The Hall–Kier alpha value is -3.25. The van der Waals surface area contributed by atoms with Crippen molar-refractivity contribution in [1.29, 1.82) is 0 Å². The zero-order chi connectivity index (χ0) is 20.4. The Morgan fingerprint density at radius 2 is 1.45 bits per heavy atom. The van der Waals surface area contributed by atoms with Crippen LogP contribution in [0.3, 0.4) is 0 Å². The fourth-order valence-electron chi connectivity index (χ4n) is 3.11. The highest BCUT2D eigenvalue weighted by molar-refractivity contribution is 8.03. The fourth-order valence-corrected chi connectivity index (χ4v) is 4.18. The summed E-state index contributed by atoms with van der Waals surface area (Å²) in [6.07, 6.45) is 0. The minimum Gasteiger partial charge on any atom is -0.268 e. The molecule has 0 aromatic heterocycles. The van der Waals surface area contributed by atoms with Crippen LogP contribution >= 0.6 is 11.8 Å². The van der Waals surface area contributed by atoms with Crippen LogP contribution in [0.2, 0.25) is 0 Å². The number of carbonyl (C=O) groups is 2. The number of nitrogens with zero attached hydrogens (tertiary/aromatic N) is 1. The Morgan fingerprint density at radius 3 is 2.10 bits per heavy atom. The largest absolute Gasteiger partial charge is 0.272 e. The van der Waals surface area contributed by atoms with Gasteiger partial charge in [0.15, 0.2) is 0 Å². The molecule has 0 bridgehead atoms. The third-order valence-electron chi connectivity index (χ3n) is 4.48. The van der Waals surface area contributed by atoms with Gasteiger partial charge in [-0.2, -0.15) is 0 Å². The van der Waals surface area contributed by atoms with E-state index in [1.54, 1.807) is 30.3 Å². The van der Waals surface area contributed by atoms with Crippen LogP contribution in [0.25, 0.3) is 5.57 Å². The van der Waals surface area contributed by atoms with E-state index in [1.165, 1.54) is 11.8 Å². The molecule has 1 aliphatic rings. The first-order chi connectivity index (χ1) is 14.1. The number of thioether (sulfide) groups is 1. The van der Waals surface area contributed by atoms with Crippen LogP contribution in [0.1, 0.15) is 11.1 Å². The Labute approximate surface area is 170 Å². The van der Waals surface area contributed by atoms with E-state index in [9.17, 15) is 18.4 Å². The molecule has 3 aromatic rings. The highest BCUT2D eigenvalue weighted by Gasteiger charge is 2.41. The summed E-state index contributed by atoms with van der Waals surface area (Å²) in [6.45, 7) is 0. The van der Waals surface area contributed by atoms with Crippen LogP contribution in [-0.4, -0.2) is 11.8 Å². The van der Waals surface area contributed by atoms with Crippen molar-refractivity contribution in [2.75, 3.05) is 4.90 Å². The van der Waals surface area contributed by atoms with Gasteiger partial charge in [-0.3, -0.25) is 9.59 Å². The number of carbonyl (C=O) groups excluding carboxylic acids is 2. The van der Waals surface area contributed by atoms with Crippen LogP contribution < -0.4 is 4.90 Å². The molecule has 2 amide bonds. The second kappa shape index (κ2) is 8.01. The standard InChI is InChI=1S/C23H15F2NO2S/c24-17-11-12-19(18(25)13-17)26-22(27)20(16-9-5-2-6-10-16)21(23(26)28)29-14-15-7-3-1-4-8-15/h1-13H,14H2. The van der Waals surface area contributed by atoms with Gasteiger partial charge in [0.1, 0.15) is 11.6 Å². The van der Waals surface area contributed by atoms with E-state index in [1.807, 2.05) is 30.3 Å². The summed E-state index contributed by atoms with van der Waals surface area (Å²) in [4.78, 5) is 27.3. The van der Waals surface area contributed by atoms with Crippen molar-refractivity contribution in [3.63, 3.8) is 0 Å². The second-order valence-corrected chi connectivity index (χ2v) is 7.37. The number of amides is 2. The summed E-state index contributed by atoms with van der Waals surface area (Å²) in [5.74, 6) is -2.50. The second-order valence-electron chi connectivity index (χ2n) is 6.39. The zero-order valence-electron chi connectivity index (χ0n) is 15.1. The summed E-state index contributed by atoms with van der Waals surface area (Å²) in [6, 6.07) is 21.1. The normalized spacial score (nSPS) is 14.1. The number of hydrogen-bond donors (Lipinski definition) is 0. The Balaban J connectivity index is 1.75. The van der Waals surface area contributed by atoms with Gasteiger partial charge < -0.3 is 0 Å². The van der Waals surface area contributed by atoms with E-state index in [2.05, 4.69) is 0 Å². The SMILES string of the molecule is O=C1C(SCc2ccccc2)=C(c2ccccc2)C(=O)N1c1ccc(F)cc1F. The molecule has 0 spiro atoms. The number of hydrogen-bond acceptors (Lipinski definition) is 3. The molecule has 0 radical (unpaired) electrons. The van der Waals surface area contributed by atoms with E-state index >= 15 is 0 Å². The first-order valence-electron chi connectivity index (χ1n) is 8.86. The van der Waals surface area contributed by atoms with Crippen molar-refractivity contribution in [2.24, 2.45) is 0 Å². The van der Waals surface area contributed by atoms with E-state index in [4.69, 9.17) is 0 Å². The van der Waals surface area contributed by atoms with Gasteiger partial charge in [-0.15, -0.1) is 11.8 Å². The molecule has 1 heterocycles. The lowest BCUT2D eigenvalue weighted by Crippen LogP contribution is -2.32. The number of benzene rings is 3. The minimum atomic E-state index is -0.964. The molecule has 144 valence electrons. The molecule has 0 fully saturated rings. The predicted molar refractivity (Wildman–Crippen MR) is 110 cm³/mol. The smallest absolute Gasteiger partial charge is 0.268 e. The minimum absolute atomic E-state index is 0.222. The summed E-state index contributed by atoms with van der Waals surface area (Å²) < 4.78 is 27.7. The van der Waals surface area contributed by atoms with Crippen molar-refractivity contribution in [2.45, 2.75) is 5.75 Å². The van der Waals surface area contributed by atoms with Crippen molar-refractivity contribution < 1.29 is 18.4 Å². The summed E-state index contributed by atoms with van der Waals surface area (Å²) in [5.41, 5.74) is 1.53. The molecule has 29 heavy (non-hydrogen) atoms. The molecule has 6 heteroatoms. The Bertz CT molecular complexity index is 1110. The molecule has 0 saturated carbocycles. The van der Waals surface area contributed by atoms with Gasteiger partial charge in [-0.1, -0.05) is 60.7 Å². The first-order valence-corrected chi connectivity index (χ1v) is 9.85. The number of halogens is 2. The zero-order valence-corrected chi connectivity index (χ0v) is 16.0. The molecule has 0 N–H and O–H groups in total. The summed E-state index contributed by atoms with van der Waals surface area (Å²) >= 11 is 1.23. The fraction of sp³-hybridized carbons (Fsp3) is 0.0435. The maximum absolute atomic E-state index is 14.3. The third kappa shape index (κ3) is 3.71. The quantitative estimate of drug-likeness (QED) is 0.547. The van der Waals surface area contributed by atoms with Gasteiger partial charge in [-0.25, -0.2) is 13.7 Å². The Morgan fingerprint density at radius 1 is 0.793 bits per heavy atom. The highest BCUT2D eigenvalue weighted by atomic mass is 32.2. The lowest BCUT2D eigenvalue weighted by atomic mass is 10.1. The highest BCUT2D eigenvalue weighted by Crippen LogP contribution is 2.40. The van der Waals surface area contributed by atoms with E-state index in [0.29, 0.717) is 17.4 Å². The summed E-state index contributed by atoms with van der Waals surface area (Å²) in [7, 11) is 0. The average Bonchev–Trinajstić information content (AvgIpc) is 2.98. The predicted octanol–water partition coefficient (Wildman–Crippen LogP) is 5.18. The van der Waals surface area contributed by atoms with E-state index < -0.39 is 23.4 Å². The lowest BCUT2D eigenvalue weighted by Gasteiger charge is -2.16. The van der Waals surface area contributed by atoms with Crippen molar-refractivity contribution >= 4 is 34.8 Å². The molecule has 0 unspecified atom stereocenters. The molecular weight excluding hydrogens is 392 g/mol. The van der Waals surface area contributed by atoms with Gasteiger partial charge in [0.2, 0.25) is 0 Å². The molecule has 0 aliphatic carbocycles. The first kappa shape index (κ1) is 19.1. The molecule has 0 saturated heterocycles. The van der Waals surface area contributed by atoms with Crippen molar-refractivity contribution in [1.82, 2.24) is 0 Å². The Kier molecular flexibility index (Phi) is 5.27. The topological polar surface area (TPSA) is 37.4 Å². The van der Waals surface area contributed by atoms with Crippen molar-refractivity contribution in [3.05, 3.63) is 107 Å². The molecular formula is C23H15F2NO2S. The van der Waals surface area contributed by atoms with Gasteiger partial charge in [0.05, 0.1) is 16.2 Å². The van der Waals surface area contributed by atoms with Crippen LogP contribution in [0.15, 0.2) is 83.8 Å². The van der Waals surface area contributed by atoms with Crippen LogP contribution in [-0.2, 0) is 15.3 Å². The average molecular weight is 407 g/mol. The number of imide groups is 1. The molecule has 1 aliphatic heterocycles. The van der Waals surface area contributed by atoms with Crippen molar-refractivity contribution in [3.8, 4) is 0 Å². The van der Waals surface area contributed by atoms with Crippen LogP contribution in [0, 0.1) is 11.6 Å². The molecule has 3 nitrogen and oxygen atoms in total. The third-order valence-corrected chi connectivity index (χ3v) is 5.63. The molecule has 3 aromatic carbocycles. The maximum atomic E-state index is 14.3. The van der Waals surface area contributed by atoms with Crippen LogP contribution in [0.5, 0.6) is 0 Å². The molecule has 0 atom stereocenters. The van der Waals surface area contributed by atoms with Gasteiger partial charge in [0, 0.05) is 11.8 Å². The van der Waals surface area contributed by atoms with Crippen LogP contribution in [0.4, 0.5) is 14.5 Å². The maximum Gasteiger partial charge on any atom is 0.272 e. The van der Waals surface area contributed by atoms with E-state index in [0.717, 1.165) is 22.6 Å². The van der Waals surface area contributed by atoms with Gasteiger partial charge in [0.25, 0.3) is 11.8 Å². The number of anilines is 1. The lowest BCUT2D eigenvalue weighted by molar-refractivity contribution is -0.119. The number of rotatable bonds is 5.